The van der Waals surface area contributed by atoms with Gasteiger partial charge >= 0.3 is 0 Å². The molecule has 33 heavy (non-hydrogen) atoms. The minimum Gasteiger partial charge on any atom is -0.383 e. The van der Waals surface area contributed by atoms with Gasteiger partial charge in [-0.3, -0.25) is 9.59 Å². The van der Waals surface area contributed by atoms with E-state index in [1.165, 1.54) is 22.7 Å². The zero-order valence-corrected chi connectivity index (χ0v) is 19.6. The molecule has 0 bridgehead atoms. The van der Waals surface area contributed by atoms with Gasteiger partial charge in [0.25, 0.3) is 5.91 Å². The van der Waals surface area contributed by atoms with Crippen molar-refractivity contribution in [3.63, 3.8) is 0 Å². The maximum atomic E-state index is 13.1. The number of hydrogen-bond acceptors (Lipinski definition) is 4. The monoisotopic (exact) mass is 461 g/mol. The van der Waals surface area contributed by atoms with Gasteiger partial charge in [0, 0.05) is 52.6 Å². The Hall–Kier alpha value is -3.29. The normalized spacial score (nSPS) is 11.1. The van der Waals surface area contributed by atoms with Crippen LogP contribution in [0.15, 0.2) is 71.6 Å². The van der Waals surface area contributed by atoms with Crippen molar-refractivity contribution in [2.45, 2.75) is 18.4 Å². The first-order valence-corrected chi connectivity index (χ1v) is 11.9. The highest BCUT2D eigenvalue weighted by atomic mass is 32.2. The van der Waals surface area contributed by atoms with E-state index in [-0.39, 0.29) is 17.6 Å². The molecule has 0 saturated heterocycles. The molecule has 3 aromatic carbocycles. The van der Waals surface area contributed by atoms with Gasteiger partial charge in [-0.2, -0.15) is 0 Å². The second-order valence-corrected chi connectivity index (χ2v) is 8.59. The van der Waals surface area contributed by atoms with Crippen molar-refractivity contribution >= 4 is 51.1 Å². The molecule has 4 aromatic rings. The van der Waals surface area contributed by atoms with Crippen LogP contribution in [0, 0.1) is 0 Å². The van der Waals surface area contributed by atoms with Crippen LogP contribution in [0.1, 0.15) is 17.3 Å². The van der Waals surface area contributed by atoms with E-state index in [1.807, 2.05) is 42.5 Å². The standard InChI is InChI=1S/C26H27N3O3S/c1-3-29-22-10-6-4-8-19(22)21-16-18(12-13-23(21)29)28-26(31)20-9-5-7-11-24(20)33-17-25(30)27-14-15-32-2/h4-13,16H,3,14-15,17H2,1-2H3,(H,27,30)(H,28,31). The van der Waals surface area contributed by atoms with Crippen LogP contribution in [0.3, 0.4) is 0 Å². The first-order valence-electron chi connectivity index (χ1n) is 10.9. The lowest BCUT2D eigenvalue weighted by molar-refractivity contribution is -0.118. The Bertz CT molecular complexity index is 1300. The number of para-hydroxylation sites is 1. The summed E-state index contributed by atoms with van der Waals surface area (Å²) in [5.74, 6) is -0.0577. The number of methoxy groups -OCH3 is 1. The fraction of sp³-hybridized carbons (Fsp3) is 0.231. The summed E-state index contributed by atoms with van der Waals surface area (Å²) in [6, 6.07) is 21.7. The first-order chi connectivity index (χ1) is 16.1. The number of carbonyl (C=O) groups is 2. The van der Waals surface area contributed by atoms with Crippen LogP contribution >= 0.6 is 11.8 Å². The molecule has 0 aliphatic heterocycles. The number of carbonyl (C=O) groups excluding carboxylic acids is 2. The van der Waals surface area contributed by atoms with Crippen LogP contribution in [-0.2, 0) is 16.1 Å². The molecule has 0 aliphatic rings. The van der Waals surface area contributed by atoms with E-state index in [2.05, 4.69) is 40.3 Å². The quantitative estimate of drug-likeness (QED) is 0.274. The summed E-state index contributed by atoms with van der Waals surface area (Å²) in [4.78, 5) is 25.9. The van der Waals surface area contributed by atoms with E-state index in [4.69, 9.17) is 4.74 Å². The van der Waals surface area contributed by atoms with Crippen molar-refractivity contribution in [1.29, 1.82) is 0 Å². The number of amides is 2. The largest absolute Gasteiger partial charge is 0.383 e. The average Bonchev–Trinajstić information content (AvgIpc) is 3.16. The van der Waals surface area contributed by atoms with Crippen molar-refractivity contribution in [2.24, 2.45) is 0 Å². The highest BCUT2D eigenvalue weighted by molar-refractivity contribution is 8.00. The minimum absolute atomic E-state index is 0.0926. The van der Waals surface area contributed by atoms with Gasteiger partial charge in [-0.15, -0.1) is 11.8 Å². The van der Waals surface area contributed by atoms with Crippen molar-refractivity contribution < 1.29 is 14.3 Å². The number of anilines is 1. The number of thioether (sulfide) groups is 1. The van der Waals surface area contributed by atoms with Gasteiger partial charge in [-0.25, -0.2) is 0 Å². The van der Waals surface area contributed by atoms with E-state index < -0.39 is 0 Å². The molecule has 0 unspecified atom stereocenters. The maximum absolute atomic E-state index is 13.1. The molecule has 0 saturated carbocycles. The predicted octanol–water partition coefficient (Wildman–Crippen LogP) is 4.92. The van der Waals surface area contributed by atoms with Crippen LogP contribution in [0.5, 0.6) is 0 Å². The first kappa shape index (κ1) is 22.9. The Morgan fingerprint density at radius 3 is 2.55 bits per heavy atom. The van der Waals surface area contributed by atoms with Gasteiger partial charge in [-0.05, 0) is 43.3 Å². The lowest BCUT2D eigenvalue weighted by Gasteiger charge is -2.11. The van der Waals surface area contributed by atoms with Crippen LogP contribution in [0.2, 0.25) is 0 Å². The molecule has 1 heterocycles. The Balaban J connectivity index is 1.53. The molecule has 0 spiro atoms. The van der Waals surface area contributed by atoms with Crippen LogP contribution in [0.25, 0.3) is 21.8 Å². The number of rotatable bonds is 9. The minimum atomic E-state index is -0.198. The fourth-order valence-corrected chi connectivity index (χ4v) is 4.82. The van der Waals surface area contributed by atoms with Gasteiger partial charge < -0.3 is 19.9 Å². The maximum Gasteiger partial charge on any atom is 0.256 e. The van der Waals surface area contributed by atoms with Crippen LogP contribution < -0.4 is 10.6 Å². The van der Waals surface area contributed by atoms with E-state index in [1.54, 1.807) is 13.2 Å². The number of benzene rings is 3. The third-order valence-corrected chi connectivity index (χ3v) is 6.54. The Kier molecular flexibility index (Phi) is 7.32. The van der Waals surface area contributed by atoms with E-state index in [0.717, 1.165) is 28.0 Å². The second kappa shape index (κ2) is 10.6. The molecule has 0 aliphatic carbocycles. The van der Waals surface area contributed by atoms with E-state index in [0.29, 0.717) is 18.7 Å². The number of ether oxygens (including phenoxy) is 1. The zero-order valence-electron chi connectivity index (χ0n) is 18.8. The number of nitrogens with zero attached hydrogens (tertiary/aromatic N) is 1. The van der Waals surface area contributed by atoms with Crippen molar-refractivity contribution in [3.8, 4) is 0 Å². The number of nitrogens with one attached hydrogen (secondary N) is 2. The van der Waals surface area contributed by atoms with Gasteiger partial charge in [0.1, 0.15) is 0 Å². The number of aryl methyl sites for hydroxylation is 1. The Labute approximate surface area is 197 Å². The number of fused-ring (bicyclic) bond motifs is 3. The Morgan fingerprint density at radius 1 is 0.970 bits per heavy atom. The van der Waals surface area contributed by atoms with Gasteiger partial charge in [-0.1, -0.05) is 30.3 Å². The van der Waals surface area contributed by atoms with Crippen LogP contribution in [-0.4, -0.2) is 42.4 Å². The van der Waals surface area contributed by atoms with Crippen molar-refractivity contribution in [1.82, 2.24) is 9.88 Å². The number of aromatic nitrogens is 1. The third-order valence-electron chi connectivity index (χ3n) is 5.47. The lowest BCUT2D eigenvalue weighted by Crippen LogP contribution is -2.28. The van der Waals surface area contributed by atoms with Gasteiger partial charge in [0.2, 0.25) is 5.91 Å². The van der Waals surface area contributed by atoms with Crippen molar-refractivity contribution in [3.05, 3.63) is 72.3 Å². The summed E-state index contributed by atoms with van der Waals surface area (Å²) in [5.41, 5.74) is 3.61. The molecule has 170 valence electrons. The predicted molar refractivity (Wildman–Crippen MR) is 135 cm³/mol. The van der Waals surface area contributed by atoms with Gasteiger partial charge in [0.05, 0.1) is 17.9 Å². The molecule has 0 fully saturated rings. The topological polar surface area (TPSA) is 72.4 Å². The summed E-state index contributed by atoms with van der Waals surface area (Å²) in [7, 11) is 1.59. The second-order valence-electron chi connectivity index (χ2n) is 7.58. The summed E-state index contributed by atoms with van der Waals surface area (Å²) in [5, 5.41) is 8.11. The smallest absolute Gasteiger partial charge is 0.256 e. The molecule has 2 amide bonds. The summed E-state index contributed by atoms with van der Waals surface area (Å²) < 4.78 is 7.22. The zero-order chi connectivity index (χ0) is 23.2. The number of hydrogen-bond donors (Lipinski definition) is 2. The average molecular weight is 462 g/mol. The SMILES string of the molecule is CCn1c2ccccc2c2cc(NC(=O)c3ccccc3SCC(=O)NCCOC)ccc21. The lowest BCUT2D eigenvalue weighted by atomic mass is 10.1. The molecule has 1 aromatic heterocycles. The molecule has 2 N–H and O–H groups in total. The molecule has 0 radical (unpaired) electrons. The molecule has 0 atom stereocenters. The molecular weight excluding hydrogens is 434 g/mol. The highest BCUT2D eigenvalue weighted by Crippen LogP contribution is 2.31. The fourth-order valence-electron chi connectivity index (χ4n) is 3.94. The molecule has 4 rings (SSSR count). The van der Waals surface area contributed by atoms with Crippen molar-refractivity contribution in [2.75, 3.05) is 31.3 Å². The Morgan fingerprint density at radius 2 is 1.73 bits per heavy atom. The highest BCUT2D eigenvalue weighted by Gasteiger charge is 2.15. The molecule has 7 heteroatoms. The summed E-state index contributed by atoms with van der Waals surface area (Å²) in [6.07, 6.45) is 0. The summed E-state index contributed by atoms with van der Waals surface area (Å²) >= 11 is 1.35. The molecular formula is C26H27N3O3S. The van der Waals surface area contributed by atoms with Gasteiger partial charge in [0.15, 0.2) is 0 Å². The third kappa shape index (κ3) is 5.05. The van der Waals surface area contributed by atoms with E-state index in [9.17, 15) is 9.59 Å². The van der Waals surface area contributed by atoms with E-state index >= 15 is 0 Å². The summed E-state index contributed by atoms with van der Waals surface area (Å²) in [6.45, 7) is 3.94. The molecule has 6 nitrogen and oxygen atoms in total. The van der Waals surface area contributed by atoms with Crippen LogP contribution in [0.4, 0.5) is 5.69 Å².